The summed E-state index contributed by atoms with van der Waals surface area (Å²) in [6, 6.07) is 5.72. The number of aromatic nitrogens is 2. The van der Waals surface area contributed by atoms with Crippen molar-refractivity contribution in [1.82, 2.24) is 14.9 Å². The lowest BCUT2D eigenvalue weighted by atomic mass is 9.81. The van der Waals surface area contributed by atoms with Crippen LogP contribution in [0, 0.1) is 0 Å². The molecule has 0 radical (unpaired) electrons. The van der Waals surface area contributed by atoms with E-state index < -0.39 is 5.54 Å². The smallest absolute Gasteiger partial charge is 0.261 e. The number of hydrogen-bond acceptors (Lipinski definition) is 7. The molecule has 1 aromatic carbocycles. The Labute approximate surface area is 158 Å². The van der Waals surface area contributed by atoms with Crippen LogP contribution in [0.5, 0.6) is 5.75 Å². The van der Waals surface area contributed by atoms with E-state index in [1.807, 2.05) is 25.1 Å². The maximum atomic E-state index is 12.9. The second kappa shape index (κ2) is 7.32. The highest BCUT2D eigenvalue weighted by Gasteiger charge is 2.52. The molecule has 0 aliphatic carbocycles. The summed E-state index contributed by atoms with van der Waals surface area (Å²) in [7, 11) is 4.89. The van der Waals surface area contributed by atoms with Crippen molar-refractivity contribution in [2.75, 3.05) is 21.3 Å². The quantitative estimate of drug-likeness (QED) is 0.818. The van der Waals surface area contributed by atoms with Gasteiger partial charge >= 0.3 is 0 Å². The zero-order valence-corrected chi connectivity index (χ0v) is 15.8. The molecule has 27 heavy (non-hydrogen) atoms. The average Bonchev–Trinajstić information content (AvgIpc) is 2.87. The first-order valence-corrected chi connectivity index (χ1v) is 8.53. The van der Waals surface area contributed by atoms with E-state index in [0.29, 0.717) is 12.2 Å². The minimum absolute atomic E-state index is 0.127. The third-order valence-electron chi connectivity index (χ3n) is 4.54. The summed E-state index contributed by atoms with van der Waals surface area (Å²) in [5, 5.41) is 0. The summed E-state index contributed by atoms with van der Waals surface area (Å²) >= 11 is 0. The van der Waals surface area contributed by atoms with E-state index in [9.17, 15) is 4.79 Å². The lowest BCUT2D eigenvalue weighted by Gasteiger charge is -2.35. The number of likely N-dealkylation sites (N-methyl/N-ethyl adjacent to an activating group) is 1. The number of rotatable bonds is 1. The van der Waals surface area contributed by atoms with Gasteiger partial charge in [0.05, 0.1) is 6.10 Å². The molecule has 142 valence electrons. The Kier molecular flexibility index (Phi) is 5.09. The molecule has 0 saturated carbocycles. The molecule has 2 aliphatic heterocycles. The van der Waals surface area contributed by atoms with Crippen molar-refractivity contribution in [1.29, 1.82) is 0 Å². The van der Waals surface area contributed by atoms with Crippen LogP contribution in [-0.4, -0.2) is 54.1 Å². The van der Waals surface area contributed by atoms with E-state index in [-0.39, 0.29) is 18.0 Å². The summed E-state index contributed by atoms with van der Waals surface area (Å²) in [5.41, 5.74) is 7.41. The highest BCUT2D eigenvalue weighted by molar-refractivity contribution is 6.07. The normalized spacial score (nSPS) is 23.3. The van der Waals surface area contributed by atoms with Crippen LogP contribution >= 0.6 is 0 Å². The lowest BCUT2D eigenvalue weighted by Crippen LogP contribution is -2.45. The molecule has 2 atom stereocenters. The summed E-state index contributed by atoms with van der Waals surface area (Å²) in [5.74, 6) is 0.765. The molecular weight excluding hydrogens is 346 g/mol. The van der Waals surface area contributed by atoms with Crippen LogP contribution in [0.1, 0.15) is 18.9 Å². The van der Waals surface area contributed by atoms with Gasteiger partial charge < -0.3 is 15.2 Å². The van der Waals surface area contributed by atoms with Gasteiger partial charge in [-0.25, -0.2) is 15.0 Å². The first-order valence-electron chi connectivity index (χ1n) is 8.53. The van der Waals surface area contributed by atoms with Crippen LogP contribution in [0.3, 0.4) is 0 Å². The van der Waals surface area contributed by atoms with Crippen LogP contribution in [0.4, 0.5) is 0 Å². The fourth-order valence-electron chi connectivity index (χ4n) is 3.38. The third kappa shape index (κ3) is 3.23. The van der Waals surface area contributed by atoms with Crippen molar-refractivity contribution in [3.8, 4) is 16.9 Å². The highest BCUT2D eigenvalue weighted by Crippen LogP contribution is 2.46. The van der Waals surface area contributed by atoms with Gasteiger partial charge in [-0.2, -0.15) is 0 Å². The third-order valence-corrected chi connectivity index (χ3v) is 4.54. The number of nitrogens with two attached hydrogens (primary N) is 1. The Balaban J connectivity index is 0.000000659. The van der Waals surface area contributed by atoms with Gasteiger partial charge in [0.25, 0.3) is 5.91 Å². The van der Waals surface area contributed by atoms with Gasteiger partial charge in [-0.3, -0.25) is 9.69 Å². The lowest BCUT2D eigenvalue weighted by molar-refractivity contribution is -0.132. The molecule has 4 rings (SSSR count). The van der Waals surface area contributed by atoms with E-state index in [0.717, 1.165) is 16.7 Å². The van der Waals surface area contributed by atoms with E-state index in [4.69, 9.17) is 10.5 Å². The standard InChI is InChI=1S/C17H17N5O2.C2H6O/c1-10-6-17(15(23)22(2)16(18)21-17)13-5-11(3-4-14(13)24-10)12-7-19-9-20-8-12;1-3-2/h3-5,7-10H,6H2,1-2H3,(H2,18,21);1-2H3/t10-,17-;/m1./s1. The van der Waals surface area contributed by atoms with Gasteiger partial charge in [-0.15, -0.1) is 0 Å². The number of nitrogens with zero attached hydrogens (tertiary/aromatic N) is 4. The van der Waals surface area contributed by atoms with Crippen molar-refractivity contribution in [3.05, 3.63) is 42.5 Å². The van der Waals surface area contributed by atoms with Gasteiger partial charge in [0, 0.05) is 51.2 Å². The minimum atomic E-state index is -1.02. The molecule has 2 aromatic rings. The first kappa shape index (κ1) is 18.8. The molecule has 0 saturated heterocycles. The number of aliphatic imine (C=N–C) groups is 1. The Morgan fingerprint density at radius 3 is 2.52 bits per heavy atom. The number of amides is 1. The number of carbonyl (C=O) groups excluding carboxylic acids is 1. The SMILES string of the molecule is COC.C[C@@H]1C[C@@]2(N=C(N)N(C)C2=O)c2cc(-c3cncnc3)ccc2O1. The molecule has 1 amide bonds. The van der Waals surface area contributed by atoms with Gasteiger partial charge in [-0.05, 0) is 24.6 Å². The van der Waals surface area contributed by atoms with Crippen LogP contribution in [-0.2, 0) is 15.1 Å². The molecule has 3 heterocycles. The van der Waals surface area contributed by atoms with Gasteiger partial charge in [0.1, 0.15) is 12.1 Å². The Bertz CT molecular complexity index is 871. The predicted molar refractivity (Wildman–Crippen MR) is 101 cm³/mol. The van der Waals surface area contributed by atoms with Crippen LogP contribution in [0.15, 0.2) is 41.9 Å². The molecule has 0 unspecified atom stereocenters. The topological polar surface area (TPSA) is 103 Å². The van der Waals surface area contributed by atoms with Crippen molar-refractivity contribution in [2.24, 2.45) is 10.7 Å². The molecular formula is C19H23N5O3. The highest BCUT2D eigenvalue weighted by atomic mass is 16.5. The maximum Gasteiger partial charge on any atom is 0.261 e. The van der Waals surface area contributed by atoms with E-state index in [1.165, 1.54) is 11.2 Å². The number of methoxy groups -OCH3 is 1. The second-order valence-corrected chi connectivity index (χ2v) is 6.57. The number of carbonyl (C=O) groups is 1. The molecule has 1 spiro atoms. The van der Waals surface area contributed by atoms with Gasteiger partial charge in [-0.1, -0.05) is 6.07 Å². The maximum absolute atomic E-state index is 12.9. The molecule has 8 nitrogen and oxygen atoms in total. The molecule has 8 heteroatoms. The van der Waals surface area contributed by atoms with E-state index in [1.54, 1.807) is 33.7 Å². The Hall–Kier alpha value is -3.00. The largest absolute Gasteiger partial charge is 0.490 e. The fraction of sp³-hybridized carbons (Fsp3) is 0.368. The zero-order chi connectivity index (χ0) is 19.6. The van der Waals surface area contributed by atoms with E-state index in [2.05, 4.69) is 19.7 Å². The Morgan fingerprint density at radius 2 is 1.93 bits per heavy atom. The minimum Gasteiger partial charge on any atom is -0.490 e. The molecule has 0 bridgehead atoms. The number of ether oxygens (including phenoxy) is 2. The number of guanidine groups is 1. The van der Waals surface area contributed by atoms with Gasteiger partial charge in [0.15, 0.2) is 11.5 Å². The fourth-order valence-corrected chi connectivity index (χ4v) is 3.38. The molecule has 2 aliphatic rings. The van der Waals surface area contributed by atoms with Crippen LogP contribution in [0.2, 0.25) is 0 Å². The molecule has 0 fully saturated rings. The average molecular weight is 369 g/mol. The molecule has 2 N–H and O–H groups in total. The zero-order valence-electron chi connectivity index (χ0n) is 15.8. The Morgan fingerprint density at radius 1 is 1.26 bits per heavy atom. The van der Waals surface area contributed by atoms with Crippen molar-refractivity contribution >= 4 is 11.9 Å². The van der Waals surface area contributed by atoms with Gasteiger partial charge in [0.2, 0.25) is 0 Å². The molecule has 1 aromatic heterocycles. The summed E-state index contributed by atoms with van der Waals surface area (Å²) < 4.78 is 10.2. The van der Waals surface area contributed by atoms with Crippen LogP contribution in [0.25, 0.3) is 11.1 Å². The predicted octanol–water partition coefficient (Wildman–Crippen LogP) is 1.56. The van der Waals surface area contributed by atoms with Crippen molar-refractivity contribution in [3.63, 3.8) is 0 Å². The number of benzene rings is 1. The van der Waals surface area contributed by atoms with Crippen molar-refractivity contribution in [2.45, 2.75) is 25.0 Å². The second-order valence-electron chi connectivity index (χ2n) is 6.57. The van der Waals surface area contributed by atoms with Crippen molar-refractivity contribution < 1.29 is 14.3 Å². The van der Waals surface area contributed by atoms with Crippen LogP contribution < -0.4 is 10.5 Å². The number of hydrogen-bond donors (Lipinski definition) is 1. The number of fused-ring (bicyclic) bond motifs is 2. The summed E-state index contributed by atoms with van der Waals surface area (Å²) in [6.45, 7) is 1.93. The summed E-state index contributed by atoms with van der Waals surface area (Å²) in [6.07, 6.45) is 5.27. The first-order chi connectivity index (χ1) is 12.9. The monoisotopic (exact) mass is 369 g/mol. The summed E-state index contributed by atoms with van der Waals surface area (Å²) in [4.78, 5) is 26.9. The van der Waals surface area contributed by atoms with E-state index >= 15 is 0 Å².